The number of likely N-dealkylation sites (N-methyl/N-ethyl adjacent to an activating group) is 1. The van der Waals surface area contributed by atoms with E-state index in [1.54, 1.807) is 20.0 Å². The molecule has 124 valence electrons. The summed E-state index contributed by atoms with van der Waals surface area (Å²) in [5.74, 6) is -0.535. The molecule has 24 heavy (non-hydrogen) atoms. The fourth-order valence-electron chi connectivity index (χ4n) is 2.96. The van der Waals surface area contributed by atoms with Crippen LogP contribution in [0.3, 0.4) is 0 Å². The van der Waals surface area contributed by atoms with E-state index in [0.717, 1.165) is 22.5 Å². The summed E-state index contributed by atoms with van der Waals surface area (Å²) in [7, 11) is 1.71. The van der Waals surface area contributed by atoms with Crippen molar-refractivity contribution in [2.45, 2.75) is 26.8 Å². The zero-order valence-corrected chi connectivity index (χ0v) is 14.3. The van der Waals surface area contributed by atoms with E-state index >= 15 is 0 Å². The lowest BCUT2D eigenvalue weighted by atomic mass is 10.1. The summed E-state index contributed by atoms with van der Waals surface area (Å²) >= 11 is 0. The van der Waals surface area contributed by atoms with E-state index in [2.05, 4.69) is 10.3 Å². The number of rotatable bonds is 3. The molecule has 1 aromatic carbocycles. The highest BCUT2D eigenvalue weighted by Crippen LogP contribution is 2.38. The lowest BCUT2D eigenvalue weighted by Crippen LogP contribution is -2.45. The first-order valence-corrected chi connectivity index (χ1v) is 7.97. The van der Waals surface area contributed by atoms with Crippen molar-refractivity contribution in [2.24, 2.45) is 0 Å². The molecule has 2 aromatic rings. The van der Waals surface area contributed by atoms with E-state index in [4.69, 9.17) is 0 Å². The van der Waals surface area contributed by atoms with Gasteiger partial charge in [0.2, 0.25) is 0 Å². The summed E-state index contributed by atoms with van der Waals surface area (Å²) in [6.07, 6.45) is 1.83. The number of H-pyrrole nitrogens is 1. The van der Waals surface area contributed by atoms with E-state index in [1.807, 2.05) is 44.2 Å². The van der Waals surface area contributed by atoms with Crippen LogP contribution in [-0.2, 0) is 9.59 Å². The van der Waals surface area contributed by atoms with Crippen LogP contribution in [0.5, 0.6) is 0 Å². The number of benzene rings is 1. The molecule has 0 saturated heterocycles. The van der Waals surface area contributed by atoms with Crippen molar-refractivity contribution in [1.82, 2.24) is 10.3 Å². The summed E-state index contributed by atoms with van der Waals surface area (Å²) < 4.78 is 0. The fourth-order valence-corrected chi connectivity index (χ4v) is 2.96. The maximum atomic E-state index is 12.9. The normalized spacial score (nSPS) is 16.6. The Morgan fingerprint density at radius 2 is 2.00 bits per heavy atom. The van der Waals surface area contributed by atoms with Gasteiger partial charge >= 0.3 is 0 Å². The molecule has 0 spiro atoms. The smallest absolute Gasteiger partial charge is 0.265 e. The molecule has 0 bridgehead atoms. The first kappa shape index (κ1) is 16.2. The zero-order chi connectivity index (χ0) is 17.4. The molecule has 1 atom stereocenters. The number of aromatic nitrogens is 1. The number of fused-ring (bicyclic) bond motifs is 1. The van der Waals surface area contributed by atoms with Gasteiger partial charge in [-0.3, -0.25) is 9.59 Å². The van der Waals surface area contributed by atoms with Crippen LogP contribution in [0.15, 0.2) is 30.3 Å². The monoisotopic (exact) mass is 323 g/mol. The molecule has 0 saturated carbocycles. The molecule has 2 N–H and O–H groups in total. The minimum Gasteiger partial charge on any atom is -0.359 e. The predicted octanol–water partition coefficient (Wildman–Crippen LogP) is 2.65. The summed E-state index contributed by atoms with van der Waals surface area (Å²) in [6.45, 7) is 5.72. The van der Waals surface area contributed by atoms with Gasteiger partial charge in [0.1, 0.15) is 0 Å². The Labute approximate surface area is 141 Å². The first-order chi connectivity index (χ1) is 11.4. The van der Waals surface area contributed by atoms with Crippen LogP contribution >= 0.6 is 0 Å². The van der Waals surface area contributed by atoms with Gasteiger partial charge in [-0.25, -0.2) is 4.90 Å². The summed E-state index contributed by atoms with van der Waals surface area (Å²) in [5, 5.41) is 2.90. The molecule has 1 aliphatic rings. The second kappa shape index (κ2) is 6.09. The van der Waals surface area contributed by atoms with Crippen molar-refractivity contribution in [3.05, 3.63) is 52.8 Å². The van der Waals surface area contributed by atoms with Crippen molar-refractivity contribution >= 4 is 29.2 Å². The molecular weight excluding hydrogens is 302 g/mol. The van der Waals surface area contributed by atoms with Gasteiger partial charge in [-0.05, 0) is 51.6 Å². The Morgan fingerprint density at radius 1 is 1.29 bits per heavy atom. The lowest BCUT2D eigenvalue weighted by molar-refractivity contribution is -0.124. The number of anilines is 1. The highest BCUT2D eigenvalue weighted by Gasteiger charge is 2.37. The van der Waals surface area contributed by atoms with Gasteiger partial charge in [-0.2, -0.15) is 0 Å². The van der Waals surface area contributed by atoms with Crippen molar-refractivity contribution in [1.29, 1.82) is 0 Å². The Balaban J connectivity index is 2.11. The number of amides is 2. The molecule has 0 fully saturated rings. The van der Waals surface area contributed by atoms with Gasteiger partial charge in [0.25, 0.3) is 11.8 Å². The molecule has 2 heterocycles. The topological polar surface area (TPSA) is 65.2 Å². The van der Waals surface area contributed by atoms with E-state index in [9.17, 15) is 9.59 Å². The quantitative estimate of drug-likeness (QED) is 0.854. The van der Waals surface area contributed by atoms with E-state index in [0.29, 0.717) is 11.3 Å². The maximum Gasteiger partial charge on any atom is 0.265 e. The van der Waals surface area contributed by atoms with Crippen LogP contribution in [0.1, 0.15) is 29.4 Å². The van der Waals surface area contributed by atoms with Gasteiger partial charge in [-0.1, -0.05) is 18.2 Å². The number of hydrogen-bond acceptors (Lipinski definition) is 3. The number of aromatic amines is 1. The average Bonchev–Trinajstić information content (AvgIpc) is 3.03. The van der Waals surface area contributed by atoms with Crippen LogP contribution in [-0.4, -0.2) is 29.9 Å². The summed E-state index contributed by atoms with van der Waals surface area (Å²) in [6, 6.07) is 8.99. The van der Waals surface area contributed by atoms with Crippen LogP contribution in [0.2, 0.25) is 0 Å². The van der Waals surface area contributed by atoms with E-state index in [-0.39, 0.29) is 11.8 Å². The minimum atomic E-state index is -0.434. The van der Waals surface area contributed by atoms with Crippen LogP contribution in [0.4, 0.5) is 5.69 Å². The maximum absolute atomic E-state index is 12.9. The highest BCUT2D eigenvalue weighted by molar-refractivity contribution is 6.42. The average molecular weight is 323 g/mol. The van der Waals surface area contributed by atoms with E-state index < -0.39 is 6.04 Å². The number of imide groups is 1. The van der Waals surface area contributed by atoms with Gasteiger partial charge < -0.3 is 10.3 Å². The number of para-hydroxylation sites is 1. The Kier molecular flexibility index (Phi) is 4.11. The third-order valence-electron chi connectivity index (χ3n) is 4.37. The molecule has 1 unspecified atom stereocenters. The molecule has 3 rings (SSSR count). The SMILES string of the molecule is CNC(C)C(=O)N1C(=O)/C(=C\c2[nH]c(C)cc2C)c2ccccc21. The second-order valence-corrected chi connectivity index (χ2v) is 6.11. The van der Waals surface area contributed by atoms with Crippen molar-refractivity contribution in [2.75, 3.05) is 11.9 Å². The zero-order valence-electron chi connectivity index (χ0n) is 14.3. The number of aryl methyl sites for hydroxylation is 2. The lowest BCUT2D eigenvalue weighted by Gasteiger charge is -2.19. The largest absolute Gasteiger partial charge is 0.359 e. The molecule has 1 aliphatic heterocycles. The third-order valence-corrected chi connectivity index (χ3v) is 4.37. The molecule has 1 aromatic heterocycles. The highest BCUT2D eigenvalue weighted by atomic mass is 16.2. The van der Waals surface area contributed by atoms with Crippen molar-refractivity contribution < 1.29 is 9.59 Å². The Bertz CT molecular complexity index is 848. The van der Waals surface area contributed by atoms with Crippen LogP contribution in [0.25, 0.3) is 11.6 Å². The molecule has 2 amide bonds. The Morgan fingerprint density at radius 3 is 2.62 bits per heavy atom. The number of nitrogens with one attached hydrogen (secondary N) is 2. The number of carbonyl (C=O) groups is 2. The van der Waals surface area contributed by atoms with Crippen molar-refractivity contribution in [3.63, 3.8) is 0 Å². The standard InChI is InChI=1S/C19H21N3O2/c1-11-9-12(2)21-16(11)10-15-14-7-5-6-8-17(14)22(19(15)24)18(23)13(3)20-4/h5-10,13,20-21H,1-4H3/b15-10-. The van der Waals surface area contributed by atoms with E-state index in [1.165, 1.54) is 4.90 Å². The fraction of sp³-hybridized carbons (Fsp3) is 0.263. The van der Waals surface area contributed by atoms with Gasteiger partial charge in [0.05, 0.1) is 17.3 Å². The second-order valence-electron chi connectivity index (χ2n) is 6.11. The van der Waals surface area contributed by atoms with Gasteiger partial charge in [0.15, 0.2) is 0 Å². The predicted molar refractivity (Wildman–Crippen MR) is 95.6 cm³/mol. The number of nitrogens with zero attached hydrogens (tertiary/aromatic N) is 1. The summed E-state index contributed by atoms with van der Waals surface area (Å²) in [4.78, 5) is 30.1. The minimum absolute atomic E-state index is 0.252. The molecule has 5 heteroatoms. The van der Waals surface area contributed by atoms with Crippen LogP contribution in [0, 0.1) is 13.8 Å². The van der Waals surface area contributed by atoms with Crippen LogP contribution < -0.4 is 10.2 Å². The molecule has 5 nitrogen and oxygen atoms in total. The van der Waals surface area contributed by atoms with Gasteiger partial charge in [-0.15, -0.1) is 0 Å². The van der Waals surface area contributed by atoms with Gasteiger partial charge in [0, 0.05) is 17.0 Å². The number of carbonyl (C=O) groups excluding carboxylic acids is 2. The molecule has 0 aliphatic carbocycles. The summed E-state index contributed by atoms with van der Waals surface area (Å²) in [5.41, 5.74) is 4.95. The first-order valence-electron chi connectivity index (χ1n) is 7.97. The van der Waals surface area contributed by atoms with Crippen molar-refractivity contribution in [3.8, 4) is 0 Å². The third kappa shape index (κ3) is 2.57. The number of hydrogen-bond donors (Lipinski definition) is 2. The Hall–Kier alpha value is -2.66. The molecular formula is C19H21N3O2. The molecule has 0 radical (unpaired) electrons.